The Labute approximate surface area is 292 Å². The minimum Gasteiger partial charge on any atom is -0.456 e. The summed E-state index contributed by atoms with van der Waals surface area (Å²) in [4.78, 5) is 0. The van der Waals surface area contributed by atoms with E-state index >= 15 is 8.78 Å². The van der Waals surface area contributed by atoms with Crippen LogP contribution in [0.4, 0.5) is 22.0 Å². The Morgan fingerprint density at radius 1 is 0.431 bits per heavy atom. The maximum absolute atomic E-state index is 15.1. The highest BCUT2D eigenvalue weighted by molar-refractivity contribution is 5.30. The van der Waals surface area contributed by atoms with Crippen LogP contribution in [0.3, 0.4) is 0 Å². The van der Waals surface area contributed by atoms with Crippen molar-refractivity contribution in [2.24, 2.45) is 0 Å². The van der Waals surface area contributed by atoms with Crippen molar-refractivity contribution in [3.05, 3.63) is 173 Å². The number of halogens is 5. The first-order valence-corrected chi connectivity index (χ1v) is 16.3. The fraction of sp³-hybridized carbons (Fsp3) is 0.250. The molecule has 6 rings (SSSR count). The molecule has 1 aliphatic rings. The van der Waals surface area contributed by atoms with Gasteiger partial charge in [0.1, 0.15) is 24.4 Å². The van der Waals surface area contributed by atoms with Gasteiger partial charge < -0.3 is 28.4 Å². The number of hydrogen-bond acceptors (Lipinski definition) is 6. The molecule has 5 atom stereocenters. The summed E-state index contributed by atoms with van der Waals surface area (Å²) in [7, 11) is 0. The van der Waals surface area contributed by atoms with Gasteiger partial charge in [0.25, 0.3) is 0 Å². The summed E-state index contributed by atoms with van der Waals surface area (Å²) in [5.74, 6) is -12.5. The van der Waals surface area contributed by atoms with E-state index in [2.05, 4.69) is 0 Å². The van der Waals surface area contributed by atoms with Crippen molar-refractivity contribution in [1.82, 2.24) is 0 Å². The third kappa shape index (κ3) is 9.18. The summed E-state index contributed by atoms with van der Waals surface area (Å²) < 4.78 is 110. The summed E-state index contributed by atoms with van der Waals surface area (Å²) in [5, 5.41) is 0. The first kappa shape index (κ1) is 36.2. The molecule has 1 saturated heterocycles. The molecule has 266 valence electrons. The van der Waals surface area contributed by atoms with Crippen molar-refractivity contribution in [2.75, 3.05) is 6.61 Å². The second-order valence-electron chi connectivity index (χ2n) is 11.8. The Morgan fingerprint density at radius 3 is 1.25 bits per heavy atom. The van der Waals surface area contributed by atoms with Gasteiger partial charge in [-0.25, -0.2) is 13.2 Å². The maximum atomic E-state index is 15.1. The average Bonchev–Trinajstić information content (AvgIpc) is 3.17. The molecule has 0 saturated carbocycles. The van der Waals surface area contributed by atoms with Gasteiger partial charge in [-0.3, -0.25) is 0 Å². The van der Waals surface area contributed by atoms with Crippen LogP contribution in [-0.4, -0.2) is 37.3 Å². The van der Waals surface area contributed by atoms with Crippen LogP contribution in [0, 0.1) is 29.1 Å². The lowest BCUT2D eigenvalue weighted by Crippen LogP contribution is -2.62. The van der Waals surface area contributed by atoms with E-state index in [1.807, 2.05) is 97.1 Å². The normalized spacial score (nSPS) is 20.3. The molecule has 0 N–H and O–H groups in total. The molecule has 0 aromatic heterocycles. The fourth-order valence-corrected chi connectivity index (χ4v) is 5.65. The molecule has 5 aromatic carbocycles. The van der Waals surface area contributed by atoms with Crippen molar-refractivity contribution in [1.29, 1.82) is 0 Å². The first-order chi connectivity index (χ1) is 24.9. The van der Waals surface area contributed by atoms with Crippen LogP contribution in [0.1, 0.15) is 22.3 Å². The molecule has 5 aromatic rings. The lowest BCUT2D eigenvalue weighted by molar-refractivity contribution is -0.310. The van der Waals surface area contributed by atoms with Crippen LogP contribution in [-0.2, 0) is 50.1 Å². The number of ether oxygens (including phenoxy) is 6. The molecule has 0 radical (unpaired) electrons. The SMILES string of the molecule is Fc1c(F)c(F)c(O[C@H]2O[C@H](COCc3ccccc3)[C@@H](OCc3ccccc3)[C@H](OCc3ccccc3)[C@H]2OCc2ccccc2)c(F)c1F. The minimum absolute atomic E-state index is 0.0440. The van der Waals surface area contributed by atoms with Crippen molar-refractivity contribution in [2.45, 2.75) is 57.1 Å². The molecule has 1 heterocycles. The molecule has 0 spiro atoms. The monoisotopic (exact) mass is 706 g/mol. The van der Waals surface area contributed by atoms with Gasteiger partial charge in [-0.2, -0.15) is 8.78 Å². The van der Waals surface area contributed by atoms with E-state index in [0.29, 0.717) is 0 Å². The van der Waals surface area contributed by atoms with Gasteiger partial charge in [0, 0.05) is 0 Å². The van der Waals surface area contributed by atoms with E-state index in [-0.39, 0.29) is 33.0 Å². The van der Waals surface area contributed by atoms with Gasteiger partial charge in [0.15, 0.2) is 0 Å². The molecule has 6 nitrogen and oxygen atoms in total. The summed E-state index contributed by atoms with van der Waals surface area (Å²) in [6.45, 7) is 0.177. The molecule has 51 heavy (non-hydrogen) atoms. The second-order valence-corrected chi connectivity index (χ2v) is 11.8. The third-order valence-electron chi connectivity index (χ3n) is 8.24. The second kappa shape index (κ2) is 17.5. The lowest BCUT2D eigenvalue weighted by atomic mass is 9.97. The topological polar surface area (TPSA) is 55.4 Å². The van der Waals surface area contributed by atoms with Gasteiger partial charge >= 0.3 is 0 Å². The van der Waals surface area contributed by atoms with Gasteiger partial charge in [-0.15, -0.1) is 0 Å². The van der Waals surface area contributed by atoms with Crippen molar-refractivity contribution in [3.63, 3.8) is 0 Å². The molecule has 0 aliphatic carbocycles. The molecular formula is C40H35F5O6. The predicted molar refractivity (Wildman–Crippen MR) is 177 cm³/mol. The smallest absolute Gasteiger partial charge is 0.229 e. The predicted octanol–water partition coefficient (Wildman–Crippen LogP) is 8.46. The fourth-order valence-electron chi connectivity index (χ4n) is 5.65. The van der Waals surface area contributed by atoms with Gasteiger partial charge in [-0.05, 0) is 22.3 Å². The van der Waals surface area contributed by atoms with E-state index in [4.69, 9.17) is 28.4 Å². The van der Waals surface area contributed by atoms with Crippen LogP contribution >= 0.6 is 0 Å². The maximum Gasteiger partial charge on any atom is 0.229 e. The highest BCUT2D eigenvalue weighted by Gasteiger charge is 2.50. The van der Waals surface area contributed by atoms with Gasteiger partial charge in [0.05, 0.1) is 33.0 Å². The largest absolute Gasteiger partial charge is 0.456 e. The van der Waals surface area contributed by atoms with Crippen molar-refractivity contribution in [3.8, 4) is 5.75 Å². The third-order valence-corrected chi connectivity index (χ3v) is 8.24. The summed E-state index contributed by atoms with van der Waals surface area (Å²) in [6.07, 6.45) is -6.08. The minimum atomic E-state index is -2.32. The van der Waals surface area contributed by atoms with E-state index < -0.39 is 65.5 Å². The number of benzene rings is 5. The molecule has 0 amide bonds. The van der Waals surface area contributed by atoms with E-state index in [1.165, 1.54) is 0 Å². The van der Waals surface area contributed by atoms with Crippen molar-refractivity contribution >= 4 is 0 Å². The summed E-state index contributed by atoms with van der Waals surface area (Å²) >= 11 is 0. The van der Waals surface area contributed by atoms with Crippen LogP contribution in [0.5, 0.6) is 5.75 Å². The van der Waals surface area contributed by atoms with Gasteiger partial charge in [-0.1, -0.05) is 121 Å². The van der Waals surface area contributed by atoms with Crippen LogP contribution in [0.2, 0.25) is 0 Å². The quantitative estimate of drug-likeness (QED) is 0.0619. The van der Waals surface area contributed by atoms with Gasteiger partial charge in [0.2, 0.25) is 41.1 Å². The van der Waals surface area contributed by atoms with E-state index in [9.17, 15) is 13.2 Å². The van der Waals surface area contributed by atoms with Crippen LogP contribution in [0.25, 0.3) is 0 Å². The highest BCUT2D eigenvalue weighted by Crippen LogP contribution is 2.36. The molecule has 11 heteroatoms. The molecule has 1 fully saturated rings. The molecule has 1 aliphatic heterocycles. The standard InChI is InChI=1S/C40H35F5O6/c41-31-32(42)34(44)37(35(45)33(31)43)51-40-39(49-24-29-19-11-4-12-20-29)38(48-23-28-17-9-3-10-18-28)36(47-22-27-15-7-2-8-16-27)30(50-40)25-46-21-26-13-5-1-6-14-26/h1-20,30,36,38-40H,21-25H2/t30-,36-,38+,39-,40-/m1/s1. The molecular weight excluding hydrogens is 671 g/mol. The first-order valence-electron chi connectivity index (χ1n) is 16.3. The summed E-state index contributed by atoms with van der Waals surface area (Å²) in [6, 6.07) is 36.9. The lowest BCUT2D eigenvalue weighted by Gasteiger charge is -2.45. The highest BCUT2D eigenvalue weighted by atomic mass is 19.2. The van der Waals surface area contributed by atoms with Crippen LogP contribution in [0.15, 0.2) is 121 Å². The average molecular weight is 707 g/mol. The van der Waals surface area contributed by atoms with E-state index in [1.54, 1.807) is 24.3 Å². The Morgan fingerprint density at radius 2 is 0.804 bits per heavy atom. The number of hydrogen-bond donors (Lipinski definition) is 0. The Balaban J connectivity index is 1.38. The zero-order chi connectivity index (χ0) is 35.6. The molecule has 0 unspecified atom stereocenters. The zero-order valence-corrected chi connectivity index (χ0v) is 27.3. The Bertz CT molecular complexity index is 1790. The Hall–Kier alpha value is -4.65. The van der Waals surface area contributed by atoms with E-state index in [0.717, 1.165) is 22.3 Å². The zero-order valence-electron chi connectivity index (χ0n) is 27.3. The Kier molecular flexibility index (Phi) is 12.4. The summed E-state index contributed by atoms with van der Waals surface area (Å²) in [5.41, 5.74) is 3.22. The van der Waals surface area contributed by atoms with Crippen LogP contribution < -0.4 is 4.74 Å². The number of rotatable bonds is 15. The molecule has 0 bridgehead atoms. The van der Waals surface area contributed by atoms with Crippen molar-refractivity contribution < 1.29 is 50.4 Å².